The van der Waals surface area contributed by atoms with Crippen molar-refractivity contribution in [1.82, 2.24) is 4.98 Å². The summed E-state index contributed by atoms with van der Waals surface area (Å²) in [4.78, 5) is 32.8. The second-order valence-electron chi connectivity index (χ2n) is 7.35. The number of carboxylic acid groups (broad SMARTS) is 1. The van der Waals surface area contributed by atoms with Crippen molar-refractivity contribution in [1.29, 1.82) is 0 Å². The fraction of sp³-hybridized carbons (Fsp3) is 0.208. The Hall–Kier alpha value is -4.07. The van der Waals surface area contributed by atoms with Gasteiger partial charge < -0.3 is 25.0 Å². The highest BCUT2D eigenvalue weighted by Gasteiger charge is 2.21. The molecular formula is C24H24N4O4. The first-order valence-electron chi connectivity index (χ1n) is 10.4. The lowest BCUT2D eigenvalue weighted by Gasteiger charge is -2.36. The SMILES string of the molecule is O=C(COc1ccccc1)Nc1ccc(N2CCN(c3ccccn3)CC2)cc1C(=O)O. The standard InChI is InChI=1S/C24H24N4O4/c29-23(17-32-19-6-2-1-3-7-19)26-21-10-9-18(16-20(21)24(30)31)27-12-14-28(15-13-27)22-8-4-5-11-25-22/h1-11,16H,12-15,17H2,(H,26,29)(H,30,31). The van der Waals surface area contributed by atoms with E-state index in [4.69, 9.17) is 4.74 Å². The Balaban J connectivity index is 1.39. The predicted octanol–water partition coefficient (Wildman–Crippen LogP) is 3.12. The van der Waals surface area contributed by atoms with E-state index in [1.807, 2.05) is 42.5 Å². The second-order valence-corrected chi connectivity index (χ2v) is 7.35. The zero-order valence-corrected chi connectivity index (χ0v) is 17.5. The third-order valence-electron chi connectivity index (χ3n) is 5.24. The van der Waals surface area contributed by atoms with Crippen molar-refractivity contribution in [2.75, 3.05) is 47.9 Å². The van der Waals surface area contributed by atoms with E-state index in [1.165, 1.54) is 0 Å². The number of piperazine rings is 1. The summed E-state index contributed by atoms with van der Waals surface area (Å²) in [5, 5.41) is 12.3. The Labute approximate surface area is 186 Å². The fourth-order valence-corrected chi connectivity index (χ4v) is 3.60. The van der Waals surface area contributed by atoms with Crippen LogP contribution in [0.2, 0.25) is 0 Å². The molecule has 2 N–H and O–H groups in total. The van der Waals surface area contributed by atoms with Gasteiger partial charge in [-0.05, 0) is 42.5 Å². The lowest BCUT2D eigenvalue weighted by molar-refractivity contribution is -0.118. The molecule has 164 valence electrons. The van der Waals surface area contributed by atoms with Gasteiger partial charge in [0.05, 0.1) is 11.3 Å². The highest BCUT2D eigenvalue weighted by Crippen LogP contribution is 2.25. The molecule has 3 aromatic rings. The van der Waals surface area contributed by atoms with Crippen LogP contribution < -0.4 is 19.9 Å². The largest absolute Gasteiger partial charge is 0.484 e. The van der Waals surface area contributed by atoms with E-state index in [0.717, 1.165) is 37.7 Å². The number of hydrogen-bond acceptors (Lipinski definition) is 6. The molecule has 0 radical (unpaired) electrons. The van der Waals surface area contributed by atoms with Crippen molar-refractivity contribution in [3.05, 3.63) is 78.5 Å². The maximum Gasteiger partial charge on any atom is 0.337 e. The number of nitrogens with zero attached hydrogens (tertiary/aromatic N) is 3. The minimum absolute atomic E-state index is 0.0442. The number of aromatic carboxylic acids is 1. The molecule has 2 heterocycles. The number of anilines is 3. The lowest BCUT2D eigenvalue weighted by atomic mass is 10.1. The maximum atomic E-state index is 12.3. The zero-order chi connectivity index (χ0) is 22.3. The number of hydrogen-bond donors (Lipinski definition) is 2. The number of benzene rings is 2. The zero-order valence-electron chi connectivity index (χ0n) is 17.5. The van der Waals surface area contributed by atoms with Crippen LogP contribution in [0.3, 0.4) is 0 Å². The van der Waals surface area contributed by atoms with Crippen molar-refractivity contribution in [2.24, 2.45) is 0 Å². The molecule has 1 aliphatic heterocycles. The molecule has 4 rings (SSSR count). The van der Waals surface area contributed by atoms with E-state index >= 15 is 0 Å². The second kappa shape index (κ2) is 9.82. The molecule has 32 heavy (non-hydrogen) atoms. The summed E-state index contributed by atoms with van der Waals surface area (Å²) >= 11 is 0. The van der Waals surface area contributed by atoms with Crippen LogP contribution in [0.5, 0.6) is 5.75 Å². The Morgan fingerprint density at radius 3 is 2.34 bits per heavy atom. The molecular weight excluding hydrogens is 408 g/mol. The highest BCUT2D eigenvalue weighted by molar-refractivity contribution is 6.01. The fourth-order valence-electron chi connectivity index (χ4n) is 3.60. The van der Waals surface area contributed by atoms with Crippen LogP contribution in [0.15, 0.2) is 72.9 Å². The molecule has 0 unspecified atom stereocenters. The van der Waals surface area contributed by atoms with Gasteiger partial charge in [0.15, 0.2) is 6.61 Å². The van der Waals surface area contributed by atoms with Crippen molar-refractivity contribution in [3.63, 3.8) is 0 Å². The maximum absolute atomic E-state index is 12.3. The topological polar surface area (TPSA) is 95.0 Å². The van der Waals surface area contributed by atoms with E-state index in [9.17, 15) is 14.7 Å². The van der Waals surface area contributed by atoms with Gasteiger partial charge in [0.25, 0.3) is 5.91 Å². The first-order chi connectivity index (χ1) is 15.6. The summed E-state index contributed by atoms with van der Waals surface area (Å²) in [5.74, 6) is -0.0122. The van der Waals surface area contributed by atoms with Crippen molar-refractivity contribution >= 4 is 29.1 Å². The normalized spacial score (nSPS) is 13.5. The van der Waals surface area contributed by atoms with Crippen molar-refractivity contribution < 1.29 is 19.4 Å². The summed E-state index contributed by atoms with van der Waals surface area (Å²) in [6, 6.07) is 19.9. The van der Waals surface area contributed by atoms with E-state index in [1.54, 1.807) is 30.5 Å². The Bertz CT molecular complexity index is 1070. The number of carbonyl (C=O) groups excluding carboxylic acids is 1. The predicted molar refractivity (Wildman–Crippen MR) is 123 cm³/mol. The third-order valence-corrected chi connectivity index (χ3v) is 5.24. The molecule has 1 saturated heterocycles. The van der Waals surface area contributed by atoms with Gasteiger partial charge in [-0.2, -0.15) is 0 Å². The van der Waals surface area contributed by atoms with Crippen LogP contribution in [-0.2, 0) is 4.79 Å². The van der Waals surface area contributed by atoms with E-state index < -0.39 is 11.9 Å². The number of carboxylic acids is 1. The molecule has 1 amide bonds. The average molecular weight is 432 g/mol. The van der Waals surface area contributed by atoms with Gasteiger partial charge >= 0.3 is 5.97 Å². The summed E-state index contributed by atoms with van der Waals surface area (Å²) in [6.45, 7) is 2.85. The van der Waals surface area contributed by atoms with Crippen LogP contribution in [0, 0.1) is 0 Å². The van der Waals surface area contributed by atoms with Crippen LogP contribution >= 0.6 is 0 Å². The van der Waals surface area contributed by atoms with Gasteiger partial charge in [0.1, 0.15) is 11.6 Å². The molecule has 8 heteroatoms. The Morgan fingerprint density at radius 2 is 1.66 bits per heavy atom. The van der Waals surface area contributed by atoms with Gasteiger partial charge in [0.2, 0.25) is 0 Å². The molecule has 0 spiro atoms. The van der Waals surface area contributed by atoms with Crippen LogP contribution in [0.25, 0.3) is 0 Å². The smallest absolute Gasteiger partial charge is 0.337 e. The number of aromatic nitrogens is 1. The number of pyridine rings is 1. The van der Waals surface area contributed by atoms with Gasteiger partial charge in [0, 0.05) is 38.1 Å². The number of nitrogens with one attached hydrogen (secondary N) is 1. The summed E-state index contributed by atoms with van der Waals surface area (Å²) in [5.41, 5.74) is 1.10. The quantitative estimate of drug-likeness (QED) is 0.592. The van der Waals surface area contributed by atoms with Gasteiger partial charge in [-0.15, -0.1) is 0 Å². The first kappa shape index (κ1) is 21.2. The highest BCUT2D eigenvalue weighted by atomic mass is 16.5. The molecule has 0 atom stereocenters. The first-order valence-corrected chi connectivity index (χ1v) is 10.4. The third kappa shape index (κ3) is 5.15. The van der Waals surface area contributed by atoms with Gasteiger partial charge in [-0.1, -0.05) is 24.3 Å². The molecule has 1 aromatic heterocycles. The minimum Gasteiger partial charge on any atom is -0.484 e. The van der Waals surface area contributed by atoms with Crippen LogP contribution in [-0.4, -0.2) is 54.8 Å². The molecule has 2 aromatic carbocycles. The van der Waals surface area contributed by atoms with Crippen molar-refractivity contribution in [3.8, 4) is 5.75 Å². The molecule has 1 fully saturated rings. The number of amides is 1. The lowest BCUT2D eigenvalue weighted by Crippen LogP contribution is -2.46. The van der Waals surface area contributed by atoms with E-state index in [2.05, 4.69) is 20.1 Å². The van der Waals surface area contributed by atoms with Gasteiger partial charge in [-0.25, -0.2) is 9.78 Å². The number of ether oxygens (including phenoxy) is 1. The van der Waals surface area contributed by atoms with Crippen LogP contribution in [0.4, 0.5) is 17.2 Å². The molecule has 8 nitrogen and oxygen atoms in total. The Morgan fingerprint density at radius 1 is 0.938 bits per heavy atom. The summed E-state index contributed by atoms with van der Waals surface area (Å²) < 4.78 is 5.43. The molecule has 0 bridgehead atoms. The summed E-state index contributed by atoms with van der Waals surface area (Å²) in [6.07, 6.45) is 1.78. The minimum atomic E-state index is -1.10. The number of para-hydroxylation sites is 1. The summed E-state index contributed by atoms with van der Waals surface area (Å²) in [7, 11) is 0. The molecule has 0 aliphatic carbocycles. The number of rotatable bonds is 7. The molecule has 0 saturated carbocycles. The van der Waals surface area contributed by atoms with Crippen molar-refractivity contribution in [2.45, 2.75) is 0 Å². The number of carbonyl (C=O) groups is 2. The van der Waals surface area contributed by atoms with E-state index in [-0.39, 0.29) is 17.9 Å². The van der Waals surface area contributed by atoms with Crippen LogP contribution in [0.1, 0.15) is 10.4 Å². The Kier molecular flexibility index (Phi) is 6.50. The van der Waals surface area contributed by atoms with Gasteiger partial charge in [-0.3, -0.25) is 4.79 Å². The monoisotopic (exact) mass is 432 g/mol. The molecule has 1 aliphatic rings. The van der Waals surface area contributed by atoms with E-state index in [0.29, 0.717) is 5.75 Å². The average Bonchev–Trinajstić information content (AvgIpc) is 2.84.